The third-order valence-electron chi connectivity index (χ3n) is 3.35. The zero-order chi connectivity index (χ0) is 12.8. The van der Waals surface area contributed by atoms with Crippen molar-refractivity contribution < 1.29 is 4.74 Å². The van der Waals surface area contributed by atoms with E-state index in [-0.39, 0.29) is 0 Å². The molecule has 0 spiro atoms. The van der Waals surface area contributed by atoms with Crippen LogP contribution in [0.5, 0.6) is 5.88 Å². The summed E-state index contributed by atoms with van der Waals surface area (Å²) >= 11 is 2.09. The Morgan fingerprint density at radius 1 is 1.44 bits per heavy atom. The summed E-state index contributed by atoms with van der Waals surface area (Å²) < 4.78 is 5.13. The van der Waals surface area contributed by atoms with Crippen LogP contribution in [0.2, 0.25) is 0 Å². The zero-order valence-electron chi connectivity index (χ0n) is 11.2. The first-order valence-corrected chi connectivity index (χ1v) is 7.71. The van der Waals surface area contributed by atoms with Gasteiger partial charge in [0.15, 0.2) is 0 Å². The van der Waals surface area contributed by atoms with E-state index in [1.54, 1.807) is 7.11 Å². The molecule has 0 unspecified atom stereocenters. The molecule has 0 aliphatic heterocycles. The highest BCUT2D eigenvalue weighted by Crippen LogP contribution is 2.29. The molecule has 18 heavy (non-hydrogen) atoms. The molecule has 3 nitrogen and oxygen atoms in total. The zero-order valence-corrected chi connectivity index (χ0v) is 12.0. The molecule has 1 aliphatic rings. The monoisotopic (exact) mass is 266 g/mol. The van der Waals surface area contributed by atoms with Crippen molar-refractivity contribution in [1.82, 2.24) is 10.3 Å². The van der Waals surface area contributed by atoms with Gasteiger partial charge >= 0.3 is 0 Å². The molecule has 2 atom stereocenters. The topological polar surface area (TPSA) is 34.1 Å². The fourth-order valence-electron chi connectivity index (χ4n) is 2.43. The van der Waals surface area contributed by atoms with Gasteiger partial charge in [-0.2, -0.15) is 11.8 Å². The van der Waals surface area contributed by atoms with E-state index >= 15 is 0 Å². The van der Waals surface area contributed by atoms with E-state index in [2.05, 4.69) is 29.0 Å². The molecule has 1 N–H and O–H groups in total. The molecule has 1 saturated carbocycles. The summed E-state index contributed by atoms with van der Waals surface area (Å²) in [5.41, 5.74) is 1.06. The summed E-state index contributed by atoms with van der Waals surface area (Å²) in [6, 6.07) is 6.57. The summed E-state index contributed by atoms with van der Waals surface area (Å²) in [6.45, 7) is 3.08. The fraction of sp³-hybridized carbons (Fsp3) is 0.643. The third-order valence-corrected chi connectivity index (χ3v) is 4.58. The largest absolute Gasteiger partial charge is 0.481 e. The average molecular weight is 266 g/mol. The summed E-state index contributed by atoms with van der Waals surface area (Å²) in [4.78, 5) is 4.42. The molecule has 1 fully saturated rings. The quantitative estimate of drug-likeness (QED) is 0.858. The Morgan fingerprint density at radius 3 is 3.11 bits per heavy atom. The van der Waals surface area contributed by atoms with Crippen molar-refractivity contribution in [3.63, 3.8) is 0 Å². The van der Waals surface area contributed by atoms with Crippen molar-refractivity contribution in [2.45, 2.75) is 44.0 Å². The van der Waals surface area contributed by atoms with Gasteiger partial charge in [0.05, 0.1) is 12.8 Å². The molecule has 4 heteroatoms. The van der Waals surface area contributed by atoms with Crippen molar-refractivity contribution in [2.24, 2.45) is 0 Å². The van der Waals surface area contributed by atoms with E-state index in [0.717, 1.165) is 17.5 Å². The molecular formula is C14H22N2OS. The van der Waals surface area contributed by atoms with Crippen LogP contribution in [0.25, 0.3) is 0 Å². The van der Waals surface area contributed by atoms with Crippen LogP contribution in [0.15, 0.2) is 18.2 Å². The number of hydrogen-bond acceptors (Lipinski definition) is 4. The van der Waals surface area contributed by atoms with Gasteiger partial charge in [-0.15, -0.1) is 0 Å². The Kier molecular flexibility index (Phi) is 5.32. The van der Waals surface area contributed by atoms with E-state index in [1.165, 1.54) is 25.0 Å². The predicted octanol–water partition coefficient (Wildman–Crippen LogP) is 2.85. The molecule has 0 saturated heterocycles. The molecule has 1 heterocycles. The van der Waals surface area contributed by atoms with Crippen LogP contribution in [0.4, 0.5) is 0 Å². The van der Waals surface area contributed by atoms with Crippen molar-refractivity contribution in [1.29, 1.82) is 0 Å². The lowest BCUT2D eigenvalue weighted by atomic mass is 10.2. The smallest absolute Gasteiger partial charge is 0.213 e. The second-order valence-corrected chi connectivity index (χ2v) is 6.22. The minimum atomic E-state index is 0.655. The lowest BCUT2D eigenvalue weighted by Crippen LogP contribution is -2.26. The molecule has 0 radical (unpaired) electrons. The van der Waals surface area contributed by atoms with Gasteiger partial charge in [-0.1, -0.05) is 13.0 Å². The lowest BCUT2D eigenvalue weighted by molar-refractivity contribution is 0.395. The first kappa shape index (κ1) is 13.7. The maximum atomic E-state index is 5.13. The van der Waals surface area contributed by atoms with E-state index in [1.807, 2.05) is 18.2 Å². The number of nitrogens with one attached hydrogen (secondary N) is 1. The number of nitrogens with zero attached hydrogens (tertiary/aromatic N) is 1. The second kappa shape index (κ2) is 7.00. The van der Waals surface area contributed by atoms with Crippen LogP contribution in [-0.2, 0) is 6.54 Å². The van der Waals surface area contributed by atoms with Crippen LogP contribution in [0.3, 0.4) is 0 Å². The SMILES string of the molecule is CCS[C@H]1CC[C@H](NCc2cccc(OC)n2)C1. The lowest BCUT2D eigenvalue weighted by Gasteiger charge is -2.13. The second-order valence-electron chi connectivity index (χ2n) is 4.64. The number of hydrogen-bond donors (Lipinski definition) is 1. The number of rotatable bonds is 6. The molecule has 1 aromatic heterocycles. The van der Waals surface area contributed by atoms with Gasteiger partial charge in [0, 0.05) is 23.9 Å². The van der Waals surface area contributed by atoms with Gasteiger partial charge in [-0.3, -0.25) is 0 Å². The fourth-order valence-corrected chi connectivity index (χ4v) is 3.57. The van der Waals surface area contributed by atoms with E-state index in [9.17, 15) is 0 Å². The van der Waals surface area contributed by atoms with Crippen molar-refractivity contribution in [3.8, 4) is 5.88 Å². The highest BCUT2D eigenvalue weighted by atomic mass is 32.2. The van der Waals surface area contributed by atoms with Crippen LogP contribution < -0.4 is 10.1 Å². The number of thioether (sulfide) groups is 1. The highest BCUT2D eigenvalue weighted by Gasteiger charge is 2.23. The predicted molar refractivity (Wildman–Crippen MR) is 77.2 cm³/mol. The van der Waals surface area contributed by atoms with E-state index in [0.29, 0.717) is 11.9 Å². The van der Waals surface area contributed by atoms with Crippen LogP contribution in [0.1, 0.15) is 31.9 Å². The van der Waals surface area contributed by atoms with Crippen molar-refractivity contribution in [3.05, 3.63) is 23.9 Å². The van der Waals surface area contributed by atoms with Crippen molar-refractivity contribution in [2.75, 3.05) is 12.9 Å². The first-order chi connectivity index (χ1) is 8.81. The van der Waals surface area contributed by atoms with Gasteiger partial charge in [-0.05, 0) is 31.1 Å². The number of ether oxygens (including phenoxy) is 1. The standard InChI is InChI=1S/C14H22N2OS/c1-3-18-13-8-7-11(9-13)15-10-12-5-4-6-14(16-12)17-2/h4-6,11,13,15H,3,7-10H2,1-2H3/t11-,13-/m0/s1. The molecule has 1 aliphatic carbocycles. The van der Waals surface area contributed by atoms with Gasteiger partial charge < -0.3 is 10.1 Å². The van der Waals surface area contributed by atoms with Gasteiger partial charge in [-0.25, -0.2) is 4.98 Å². The summed E-state index contributed by atoms with van der Waals surface area (Å²) in [5.74, 6) is 1.93. The van der Waals surface area contributed by atoms with Crippen LogP contribution in [-0.4, -0.2) is 29.1 Å². The first-order valence-electron chi connectivity index (χ1n) is 6.66. The van der Waals surface area contributed by atoms with Gasteiger partial charge in [0.2, 0.25) is 5.88 Å². The molecule has 1 aromatic rings. The van der Waals surface area contributed by atoms with Crippen LogP contribution in [0, 0.1) is 0 Å². The molecule has 0 amide bonds. The Labute approximate surface area is 114 Å². The number of aromatic nitrogens is 1. The van der Waals surface area contributed by atoms with Gasteiger partial charge in [0.25, 0.3) is 0 Å². The Balaban J connectivity index is 1.78. The third kappa shape index (κ3) is 3.89. The van der Waals surface area contributed by atoms with Gasteiger partial charge in [0.1, 0.15) is 0 Å². The Hall–Kier alpha value is -0.740. The summed E-state index contributed by atoms with van der Waals surface area (Å²) in [5, 5.41) is 4.46. The van der Waals surface area contributed by atoms with E-state index < -0.39 is 0 Å². The normalized spacial score (nSPS) is 23.2. The number of methoxy groups -OCH3 is 1. The van der Waals surface area contributed by atoms with Crippen molar-refractivity contribution >= 4 is 11.8 Å². The Morgan fingerprint density at radius 2 is 2.33 bits per heavy atom. The van der Waals surface area contributed by atoms with E-state index in [4.69, 9.17) is 4.74 Å². The molecule has 100 valence electrons. The molecule has 0 bridgehead atoms. The average Bonchev–Trinajstić information content (AvgIpc) is 2.85. The highest BCUT2D eigenvalue weighted by molar-refractivity contribution is 7.99. The summed E-state index contributed by atoms with van der Waals surface area (Å²) in [7, 11) is 1.66. The maximum Gasteiger partial charge on any atom is 0.213 e. The molecule has 0 aromatic carbocycles. The van der Waals surface area contributed by atoms with Crippen LogP contribution >= 0.6 is 11.8 Å². The maximum absolute atomic E-state index is 5.13. The number of pyridine rings is 1. The molecule has 2 rings (SSSR count). The molecular weight excluding hydrogens is 244 g/mol. The minimum Gasteiger partial charge on any atom is -0.481 e. The summed E-state index contributed by atoms with van der Waals surface area (Å²) in [6.07, 6.45) is 3.94. The Bertz CT molecular complexity index is 373. The minimum absolute atomic E-state index is 0.655.